The Balaban J connectivity index is 0.000000136. The van der Waals surface area contributed by atoms with Crippen molar-refractivity contribution in [2.24, 2.45) is 21.1 Å². The fourth-order valence-electron chi connectivity index (χ4n) is 17.1. The highest BCUT2D eigenvalue weighted by Crippen LogP contribution is 2.46. The number of anilines is 16. The molecule has 8 aliphatic rings. The van der Waals surface area contributed by atoms with Crippen molar-refractivity contribution in [3.05, 3.63) is 170 Å². The van der Waals surface area contributed by atoms with E-state index in [4.69, 9.17) is 65.4 Å². The molecule has 20 rings (SSSR count). The summed E-state index contributed by atoms with van der Waals surface area (Å²) in [5, 5.41) is 54.0. The minimum absolute atomic E-state index is 0.00205. The summed E-state index contributed by atoms with van der Waals surface area (Å²) in [7, 11) is -9.53. The average Bonchev–Trinajstić information content (AvgIpc) is 1.21. The molecule has 12 N–H and O–H groups in total. The van der Waals surface area contributed by atoms with Gasteiger partial charge >= 0.3 is 0 Å². The maximum absolute atomic E-state index is 13.1. The molecule has 3 saturated heterocycles. The molecule has 0 spiro atoms. The van der Waals surface area contributed by atoms with Crippen LogP contribution in [0.5, 0.6) is 23.0 Å². The van der Waals surface area contributed by atoms with Crippen LogP contribution in [0.25, 0.3) is 5.57 Å². The van der Waals surface area contributed by atoms with Gasteiger partial charge in [0.1, 0.15) is 43.1 Å². The fraction of sp³-hybridized carbons (Fsp3) is 0.471. The van der Waals surface area contributed by atoms with Gasteiger partial charge in [0.05, 0.1) is 128 Å². The Morgan fingerprint density at radius 2 is 0.727 bits per heavy atom. The van der Waals surface area contributed by atoms with Crippen LogP contribution in [-0.4, -0.2) is 210 Å². The van der Waals surface area contributed by atoms with Gasteiger partial charge < -0.3 is 82.7 Å². The lowest BCUT2D eigenvalue weighted by Gasteiger charge is -2.26. The second-order valence-corrected chi connectivity index (χ2v) is 51.3. The van der Waals surface area contributed by atoms with Gasteiger partial charge in [-0.25, -0.2) is 53.6 Å². The maximum atomic E-state index is 13.1. The molecule has 802 valence electrons. The summed E-state index contributed by atoms with van der Waals surface area (Å²) in [6.07, 6.45) is 29.9. The van der Waals surface area contributed by atoms with Gasteiger partial charge in [0.15, 0.2) is 23.3 Å². The predicted molar refractivity (Wildman–Crippen MR) is 586 cm³/mol. The lowest BCUT2D eigenvalue weighted by Crippen LogP contribution is -2.27. The molecule has 150 heavy (non-hydrogen) atoms. The number of hydrogen-bond donors (Lipinski definition) is 12. The minimum atomic E-state index is -3.63. The lowest BCUT2D eigenvalue weighted by atomic mass is 9.87. The Bertz CT molecular complexity index is 7400. The van der Waals surface area contributed by atoms with Crippen molar-refractivity contribution in [3.63, 3.8) is 0 Å². The average molecular weight is 2210 g/mol. The molecule has 4 aromatic carbocycles. The standard InChI is InChI=1S/C27H34ClN7O3S.C26H36ClN7O3S.C25H30ClN7O3S.C24H30ClN7O3S/c1-16(2)39(36,37)26-23(15-35(34-26)19-4-5-19)31-25-21(28)14-30-27(33-25)32-22-8-3-18(17-9-11-29-12-10-17)13-24(22)38-20-6-7-20;1-15(2)37-23-12-19(18-7-9-28-10-8-18)17(5)11-21(23)31-26-29-13-20(27)24(32-26)30-22-14-34(6)33-25(22)38(35,36)16(3)4;1-15(2)37(34,35)24-21(14-33(3)32-24)29-23-19(26)13-28-25(31-23)30-20-7-4-17(16-8-10-27-11-9-16)12-22(20)36-18-5-6-18;1-14(2)36(33,34)23-20(13-32(3)31-23)28-22-18(25)12-27-24(30-22)29-19-7-4-15(16-8-9-26-11-16)10-21(19)35-17-5-6-17/h3,8,13-17,19-20,29H,4-7,9-12H2,1-2H3,(H2,30,31,32,33);11-16,18,28H,7-10H2,1-6H3,(H2,29,30,31,32);4,7-8,12-15,18,27H,5-6,9-11H2,1-3H3,(H2,28,29,30,31);4,7,10,12-14,16-17,26H,5-6,8-9,11H2,1-3H3,(H2,27,28,29,30). The first-order chi connectivity index (χ1) is 71.6. The molecule has 1 unspecified atom stereocenters. The third-order valence-electron chi connectivity index (χ3n) is 26.3. The van der Waals surface area contributed by atoms with E-state index >= 15 is 0 Å². The maximum Gasteiger partial charge on any atom is 0.229 e. The third kappa shape index (κ3) is 27.3. The number of piperidine rings is 2. The van der Waals surface area contributed by atoms with Gasteiger partial charge in [0.25, 0.3) is 0 Å². The summed E-state index contributed by atoms with van der Waals surface area (Å²) in [5.74, 6) is 6.77. The van der Waals surface area contributed by atoms with Crippen LogP contribution < -0.4 is 82.7 Å². The molecule has 1 atom stereocenters. The van der Waals surface area contributed by atoms with Crippen molar-refractivity contribution in [1.29, 1.82) is 0 Å². The molecule has 0 radical (unpaired) electrons. The van der Waals surface area contributed by atoms with E-state index in [2.05, 4.69) is 186 Å². The Morgan fingerprint density at radius 3 is 1.09 bits per heavy atom. The Kier molecular flexibility index (Phi) is 34.4. The number of hydrogen-bond acceptors (Lipinski definition) is 36. The number of sulfone groups is 4. The second-order valence-electron chi connectivity index (χ2n) is 40.0. The molecule has 7 fully saturated rings. The van der Waals surface area contributed by atoms with Gasteiger partial charge in [0.2, 0.25) is 83.2 Å². The van der Waals surface area contributed by atoms with Crippen molar-refractivity contribution in [1.82, 2.24) is 100 Å². The largest absolute Gasteiger partial charge is 0.489 e. The first kappa shape index (κ1) is 109. The smallest absolute Gasteiger partial charge is 0.229 e. The molecule has 40 nitrogen and oxygen atoms in total. The Morgan fingerprint density at radius 1 is 0.367 bits per heavy atom. The zero-order valence-electron chi connectivity index (χ0n) is 86.2. The summed E-state index contributed by atoms with van der Waals surface area (Å²) < 4.78 is 134. The zero-order chi connectivity index (χ0) is 106. The molecule has 0 amide bonds. The fourth-order valence-corrected chi connectivity index (χ4v) is 22.1. The number of halogens is 4. The van der Waals surface area contributed by atoms with Crippen molar-refractivity contribution >= 4 is 184 Å². The normalized spacial score (nSPS) is 16.8. The van der Waals surface area contributed by atoms with E-state index in [1.54, 1.807) is 106 Å². The van der Waals surface area contributed by atoms with Gasteiger partial charge in [0, 0.05) is 52.8 Å². The van der Waals surface area contributed by atoms with E-state index in [-0.39, 0.29) is 94.1 Å². The van der Waals surface area contributed by atoms with Gasteiger partial charge in [-0.15, -0.1) is 0 Å². The summed E-state index contributed by atoms with van der Waals surface area (Å²) in [6.45, 7) is 26.9. The highest BCUT2D eigenvalue weighted by molar-refractivity contribution is 7.93. The van der Waals surface area contributed by atoms with Crippen LogP contribution in [0, 0.1) is 6.92 Å². The van der Waals surface area contributed by atoms with Crippen LogP contribution in [0.4, 0.5) is 92.6 Å². The number of nitrogens with one attached hydrogen (secondary N) is 12. The van der Waals surface area contributed by atoms with E-state index in [0.717, 1.165) is 194 Å². The van der Waals surface area contributed by atoms with Crippen molar-refractivity contribution in [3.8, 4) is 23.0 Å². The van der Waals surface area contributed by atoms with Crippen molar-refractivity contribution in [2.75, 3.05) is 94.9 Å². The molecule has 0 bridgehead atoms. The summed E-state index contributed by atoms with van der Waals surface area (Å²) >= 11 is 25.6. The molecule has 48 heteroatoms. The minimum Gasteiger partial charge on any atom is -0.489 e. The van der Waals surface area contributed by atoms with Gasteiger partial charge in [-0.2, -0.15) is 40.3 Å². The summed E-state index contributed by atoms with van der Waals surface area (Å²) in [4.78, 5) is 35.5. The van der Waals surface area contributed by atoms with Crippen LogP contribution in [0.1, 0.15) is 211 Å². The number of benzene rings is 4. The van der Waals surface area contributed by atoms with E-state index in [9.17, 15) is 33.7 Å². The topological polar surface area (TPSA) is 492 Å². The Labute approximate surface area is 895 Å². The van der Waals surface area contributed by atoms with Gasteiger partial charge in [-0.3, -0.25) is 18.7 Å². The molecule has 4 aliphatic heterocycles. The molecule has 8 aromatic heterocycles. The molecular formula is C102H130Cl4N28O12S4. The van der Waals surface area contributed by atoms with Crippen LogP contribution in [-0.2, 0) is 60.5 Å². The van der Waals surface area contributed by atoms with Crippen LogP contribution in [0.3, 0.4) is 0 Å². The van der Waals surface area contributed by atoms with Crippen molar-refractivity contribution in [2.45, 2.75) is 255 Å². The molecular weight excluding hydrogens is 2080 g/mol. The summed E-state index contributed by atoms with van der Waals surface area (Å²) in [6, 6.07) is 23.0. The molecule has 4 aliphatic carbocycles. The summed E-state index contributed by atoms with van der Waals surface area (Å²) in [5.41, 5.74) is 11.7. The van der Waals surface area contributed by atoms with E-state index in [1.807, 2.05) is 32.0 Å². The van der Waals surface area contributed by atoms with Crippen LogP contribution in [0.15, 0.2) is 142 Å². The SMILES string of the molecule is CC(C)S(=O)(=O)c1nn(C)cc1Nc1nc(Nc2ccc(C3=CCNCC3)cc2OC2CC2)ncc1Cl.CC(C)S(=O)(=O)c1nn(C)cc1Nc1nc(Nc2ccc(C3CCNC3)cc2OC2CC2)ncc1Cl.CC(C)S(=O)(=O)c1nn(C2CC2)cc1Nc1nc(Nc2ccc(C3CCNCC3)cc2OC2CC2)ncc1Cl.Cc1cc(Nc2ncc(Cl)c(Nc3cn(C)nc3S(=O)(=O)C(C)C)n2)c(OC(C)C)cc1C1CCNCC1. The van der Waals surface area contributed by atoms with E-state index in [0.29, 0.717) is 64.2 Å². The first-order valence-corrected chi connectivity index (χ1v) is 58.5. The third-order valence-corrected chi connectivity index (χ3v) is 35.7. The number of aromatic nitrogens is 16. The van der Waals surface area contributed by atoms with Gasteiger partial charge in [-0.1, -0.05) is 70.7 Å². The highest BCUT2D eigenvalue weighted by atomic mass is 35.5. The van der Waals surface area contributed by atoms with E-state index in [1.165, 1.54) is 66.7 Å². The molecule has 4 saturated carbocycles. The second kappa shape index (κ2) is 47.2. The number of aryl methyl sites for hydroxylation is 4. The predicted octanol–water partition coefficient (Wildman–Crippen LogP) is 19.0. The Hall–Kier alpha value is -11.8. The van der Waals surface area contributed by atoms with Crippen molar-refractivity contribution < 1.29 is 52.6 Å². The number of rotatable bonds is 37. The van der Waals surface area contributed by atoms with Gasteiger partial charge in [-0.05, 0) is 305 Å². The molecule has 12 aromatic rings. The quantitative estimate of drug-likeness (QED) is 0.0172. The zero-order valence-corrected chi connectivity index (χ0v) is 92.5. The lowest BCUT2D eigenvalue weighted by molar-refractivity contribution is 0.243. The number of ether oxygens (including phenoxy) is 4. The van der Waals surface area contributed by atoms with Crippen LogP contribution in [0.2, 0.25) is 20.1 Å². The van der Waals surface area contributed by atoms with E-state index < -0.39 is 60.3 Å². The first-order valence-electron chi connectivity index (χ1n) is 50.8. The monoisotopic (exact) mass is 2210 g/mol. The van der Waals surface area contributed by atoms with Crippen LogP contribution >= 0.6 is 46.4 Å². The molecule has 12 heterocycles. The number of nitrogens with zero attached hydrogens (tertiary/aromatic N) is 16. The highest BCUT2D eigenvalue weighted by Gasteiger charge is 2.37.